The Balaban J connectivity index is 2.65. The smallest absolute Gasteiger partial charge is 0.0148 e. The highest BCUT2D eigenvalue weighted by Gasteiger charge is 2.05. The van der Waals surface area contributed by atoms with Gasteiger partial charge in [0.25, 0.3) is 0 Å². The van der Waals surface area contributed by atoms with Crippen molar-refractivity contribution in [1.29, 1.82) is 0 Å². The Labute approximate surface area is 96.4 Å². The van der Waals surface area contributed by atoms with Crippen LogP contribution in [-0.4, -0.2) is 0 Å². The van der Waals surface area contributed by atoms with Crippen LogP contribution in [0.3, 0.4) is 0 Å². The summed E-state index contributed by atoms with van der Waals surface area (Å²) < 4.78 is 0. The summed E-state index contributed by atoms with van der Waals surface area (Å²) >= 11 is 4.57. The lowest BCUT2D eigenvalue weighted by Gasteiger charge is -2.10. The van der Waals surface area contributed by atoms with Crippen LogP contribution in [0.25, 0.3) is 11.1 Å². The fourth-order valence-corrected chi connectivity index (χ4v) is 2.02. The van der Waals surface area contributed by atoms with E-state index in [9.17, 15) is 0 Å². The fourth-order valence-electron chi connectivity index (χ4n) is 1.75. The fraction of sp³-hybridized carbons (Fsp3) is 0.143. The summed E-state index contributed by atoms with van der Waals surface area (Å²) in [6, 6.07) is 14.7. The highest BCUT2D eigenvalue weighted by atomic mass is 32.1. The lowest BCUT2D eigenvalue weighted by Crippen LogP contribution is -1.86. The Kier molecular flexibility index (Phi) is 2.83. The third-order valence-electron chi connectivity index (χ3n) is 2.67. The van der Waals surface area contributed by atoms with Crippen molar-refractivity contribution in [3.63, 3.8) is 0 Å². The number of benzene rings is 2. The largest absolute Gasteiger partial charge is 0.143 e. The highest BCUT2D eigenvalue weighted by Crippen LogP contribution is 2.30. The maximum atomic E-state index is 4.57. The minimum Gasteiger partial charge on any atom is -0.143 e. The zero-order valence-electron chi connectivity index (χ0n) is 8.99. The molecule has 0 aromatic heterocycles. The van der Waals surface area contributed by atoms with Gasteiger partial charge < -0.3 is 0 Å². The summed E-state index contributed by atoms with van der Waals surface area (Å²) in [4.78, 5) is 1.08. The highest BCUT2D eigenvalue weighted by molar-refractivity contribution is 7.80. The van der Waals surface area contributed by atoms with Crippen LogP contribution < -0.4 is 0 Å². The topological polar surface area (TPSA) is 0 Å². The summed E-state index contributed by atoms with van der Waals surface area (Å²) in [7, 11) is 0. The lowest BCUT2D eigenvalue weighted by atomic mass is 9.99. The van der Waals surface area contributed by atoms with Crippen molar-refractivity contribution in [2.24, 2.45) is 0 Å². The number of hydrogen-bond donors (Lipinski definition) is 1. The predicted molar refractivity (Wildman–Crippen MR) is 68.6 cm³/mol. The van der Waals surface area contributed by atoms with Gasteiger partial charge in [0.2, 0.25) is 0 Å². The zero-order valence-corrected chi connectivity index (χ0v) is 9.88. The molecule has 0 saturated heterocycles. The molecule has 0 atom stereocenters. The first-order valence-electron chi connectivity index (χ1n) is 5.04. The Morgan fingerprint density at radius 2 is 1.33 bits per heavy atom. The molecule has 0 spiro atoms. The van der Waals surface area contributed by atoms with Crippen LogP contribution in [-0.2, 0) is 0 Å². The zero-order chi connectivity index (χ0) is 10.8. The first kappa shape index (κ1) is 10.3. The first-order chi connectivity index (χ1) is 7.20. The van der Waals surface area contributed by atoms with Gasteiger partial charge in [-0.25, -0.2) is 0 Å². The van der Waals surface area contributed by atoms with Gasteiger partial charge in [0, 0.05) is 4.90 Å². The van der Waals surface area contributed by atoms with Crippen molar-refractivity contribution in [3.8, 4) is 11.1 Å². The van der Waals surface area contributed by atoms with Gasteiger partial charge in [-0.3, -0.25) is 0 Å². The van der Waals surface area contributed by atoms with Crippen molar-refractivity contribution in [1.82, 2.24) is 0 Å². The third kappa shape index (κ3) is 1.93. The molecule has 0 aliphatic heterocycles. The maximum Gasteiger partial charge on any atom is 0.0148 e. The number of rotatable bonds is 1. The average molecular weight is 214 g/mol. The Hall–Kier alpha value is -1.21. The van der Waals surface area contributed by atoms with E-state index in [4.69, 9.17) is 0 Å². The van der Waals surface area contributed by atoms with Gasteiger partial charge in [0.1, 0.15) is 0 Å². The molecule has 0 heterocycles. The number of hydrogen-bond acceptors (Lipinski definition) is 1. The normalized spacial score (nSPS) is 10.3. The molecule has 15 heavy (non-hydrogen) atoms. The Morgan fingerprint density at radius 1 is 0.733 bits per heavy atom. The molecule has 76 valence electrons. The van der Waals surface area contributed by atoms with Gasteiger partial charge in [0.15, 0.2) is 0 Å². The number of thiol groups is 1. The van der Waals surface area contributed by atoms with Crippen molar-refractivity contribution < 1.29 is 0 Å². The van der Waals surface area contributed by atoms with Crippen LogP contribution in [0, 0.1) is 13.8 Å². The molecule has 0 fully saturated rings. The van der Waals surface area contributed by atoms with Gasteiger partial charge in [0.05, 0.1) is 0 Å². The summed E-state index contributed by atoms with van der Waals surface area (Å²) in [6.07, 6.45) is 0. The van der Waals surface area contributed by atoms with Gasteiger partial charge in [-0.15, -0.1) is 12.6 Å². The van der Waals surface area contributed by atoms with Crippen LogP contribution >= 0.6 is 12.6 Å². The second kappa shape index (κ2) is 4.11. The van der Waals surface area contributed by atoms with Gasteiger partial charge in [-0.1, -0.05) is 42.5 Å². The summed E-state index contributed by atoms with van der Waals surface area (Å²) in [5.74, 6) is 0. The third-order valence-corrected chi connectivity index (χ3v) is 3.27. The van der Waals surface area contributed by atoms with E-state index in [1.807, 2.05) is 0 Å². The molecule has 0 aliphatic carbocycles. The lowest BCUT2D eigenvalue weighted by molar-refractivity contribution is 1.30. The average Bonchev–Trinajstić information content (AvgIpc) is 2.23. The van der Waals surface area contributed by atoms with E-state index >= 15 is 0 Å². The molecular formula is C14H14S. The summed E-state index contributed by atoms with van der Waals surface area (Å²) in [5.41, 5.74) is 5.00. The second-order valence-corrected chi connectivity index (χ2v) is 4.23. The van der Waals surface area contributed by atoms with Crippen molar-refractivity contribution in [3.05, 3.63) is 53.6 Å². The molecule has 0 radical (unpaired) electrons. The quantitative estimate of drug-likeness (QED) is 0.674. The second-order valence-electron chi connectivity index (χ2n) is 3.79. The van der Waals surface area contributed by atoms with Crippen LogP contribution in [0.2, 0.25) is 0 Å². The minimum atomic E-state index is 1.08. The van der Waals surface area contributed by atoms with E-state index in [0.717, 1.165) is 4.90 Å². The molecule has 2 rings (SSSR count). The monoisotopic (exact) mass is 214 g/mol. The standard InChI is InChI=1S/C14H14S/c1-10-6-3-4-8-12(10)13-9-5-7-11(2)14(13)15/h3-9,15H,1-2H3. The van der Waals surface area contributed by atoms with E-state index < -0.39 is 0 Å². The first-order valence-corrected chi connectivity index (χ1v) is 5.49. The maximum absolute atomic E-state index is 4.57. The van der Waals surface area contributed by atoms with Crippen molar-refractivity contribution in [2.45, 2.75) is 18.7 Å². The Bertz CT molecular complexity index is 486. The van der Waals surface area contributed by atoms with Gasteiger partial charge >= 0.3 is 0 Å². The number of aryl methyl sites for hydroxylation is 2. The molecule has 2 aromatic carbocycles. The molecule has 0 unspecified atom stereocenters. The van der Waals surface area contributed by atoms with E-state index in [-0.39, 0.29) is 0 Å². The molecule has 0 saturated carbocycles. The molecule has 1 heteroatoms. The van der Waals surface area contributed by atoms with Crippen molar-refractivity contribution in [2.75, 3.05) is 0 Å². The van der Waals surface area contributed by atoms with Crippen molar-refractivity contribution >= 4 is 12.6 Å². The van der Waals surface area contributed by atoms with Gasteiger partial charge in [-0.05, 0) is 36.1 Å². The minimum absolute atomic E-state index is 1.08. The van der Waals surface area contributed by atoms with Crippen LogP contribution in [0.5, 0.6) is 0 Å². The van der Waals surface area contributed by atoms with Gasteiger partial charge in [-0.2, -0.15) is 0 Å². The van der Waals surface area contributed by atoms with E-state index in [2.05, 4.69) is 68.9 Å². The van der Waals surface area contributed by atoms with Crippen LogP contribution in [0.15, 0.2) is 47.4 Å². The molecule has 0 amide bonds. The van der Waals surface area contributed by atoms with E-state index in [1.54, 1.807) is 0 Å². The van der Waals surface area contributed by atoms with Crippen LogP contribution in [0.4, 0.5) is 0 Å². The molecule has 2 aromatic rings. The SMILES string of the molecule is Cc1ccccc1-c1cccc(C)c1S. The molecule has 0 N–H and O–H groups in total. The molecule has 0 aliphatic rings. The molecular weight excluding hydrogens is 200 g/mol. The Morgan fingerprint density at radius 3 is 2.07 bits per heavy atom. The van der Waals surface area contributed by atoms with Crippen LogP contribution in [0.1, 0.15) is 11.1 Å². The van der Waals surface area contributed by atoms with E-state index in [1.165, 1.54) is 22.3 Å². The summed E-state index contributed by atoms with van der Waals surface area (Å²) in [6.45, 7) is 4.22. The summed E-state index contributed by atoms with van der Waals surface area (Å²) in [5, 5.41) is 0. The molecule has 0 bridgehead atoms. The van der Waals surface area contributed by atoms with E-state index in [0.29, 0.717) is 0 Å². The predicted octanol–water partition coefficient (Wildman–Crippen LogP) is 4.26. The molecule has 0 nitrogen and oxygen atoms in total.